The third kappa shape index (κ3) is 1.57. The summed E-state index contributed by atoms with van der Waals surface area (Å²) in [5, 5.41) is 22.0. The first-order chi connectivity index (χ1) is 10.8. The lowest BCUT2D eigenvalue weighted by Crippen LogP contribution is -2.73. The van der Waals surface area contributed by atoms with Crippen LogP contribution in [-0.2, 0) is 10.2 Å². The van der Waals surface area contributed by atoms with Crippen molar-refractivity contribution in [1.29, 1.82) is 0 Å². The minimum Gasteiger partial charge on any atom is -0.504 e. The van der Waals surface area contributed by atoms with Gasteiger partial charge in [-0.05, 0) is 51.9 Å². The molecule has 2 N–H and O–H groups in total. The number of piperidine rings is 1. The highest BCUT2D eigenvalue weighted by atomic mass is 16.5. The second-order valence-electron chi connectivity index (χ2n) is 7.37. The predicted molar refractivity (Wildman–Crippen MR) is 84.8 cm³/mol. The number of hydrogen-bond acceptors (Lipinski definition) is 5. The molecule has 0 bridgehead atoms. The van der Waals surface area contributed by atoms with Crippen LogP contribution in [0.3, 0.4) is 0 Å². The molecule has 1 aromatic rings. The fraction of sp³-hybridized carbons (Fsp3) is 0.611. The lowest BCUT2D eigenvalue weighted by Gasteiger charge is -2.58. The first kappa shape index (κ1) is 15.0. The molecule has 0 aromatic heterocycles. The average Bonchev–Trinajstić information content (AvgIpc) is 2.89. The molecule has 5 heteroatoms. The van der Waals surface area contributed by atoms with Gasteiger partial charge in [-0.25, -0.2) is 0 Å². The number of carbonyl (C=O) groups excluding carboxylic acids is 1. The summed E-state index contributed by atoms with van der Waals surface area (Å²) in [6.45, 7) is 4.76. The van der Waals surface area contributed by atoms with Gasteiger partial charge in [-0.15, -0.1) is 0 Å². The molecule has 0 radical (unpaired) electrons. The predicted octanol–water partition coefficient (Wildman–Crippen LogP) is 1.52. The van der Waals surface area contributed by atoms with Crippen molar-refractivity contribution in [1.82, 2.24) is 4.90 Å². The van der Waals surface area contributed by atoms with Gasteiger partial charge in [0.05, 0.1) is 11.0 Å². The number of carbonyl (C=O) groups is 1. The van der Waals surface area contributed by atoms with Crippen molar-refractivity contribution in [2.75, 3.05) is 13.6 Å². The number of phenolic OH excluding ortho intramolecular Hbond substituents is 1. The summed E-state index contributed by atoms with van der Waals surface area (Å²) in [6.07, 6.45) is 0.706. The molecule has 0 amide bonds. The highest BCUT2D eigenvalue weighted by molar-refractivity contribution is 5.89. The van der Waals surface area contributed by atoms with Crippen LogP contribution < -0.4 is 4.74 Å². The van der Waals surface area contributed by atoms with E-state index in [1.165, 1.54) is 0 Å². The number of benzene rings is 1. The van der Waals surface area contributed by atoms with Crippen LogP contribution >= 0.6 is 0 Å². The van der Waals surface area contributed by atoms with E-state index in [1.54, 1.807) is 6.07 Å². The summed E-state index contributed by atoms with van der Waals surface area (Å²) < 4.78 is 5.97. The van der Waals surface area contributed by atoms with E-state index in [0.29, 0.717) is 25.0 Å². The first-order valence-electron chi connectivity index (χ1n) is 8.28. The zero-order valence-corrected chi connectivity index (χ0v) is 13.8. The number of rotatable bonds is 0. The summed E-state index contributed by atoms with van der Waals surface area (Å²) in [7, 11) is 2.01. The van der Waals surface area contributed by atoms with Crippen LogP contribution in [0.2, 0.25) is 0 Å². The number of Topliss-reactive ketones (excluding diaryl/α,β-unsaturated/α-hetero) is 1. The number of phenols is 1. The normalized spacial score (nSPS) is 39.4. The van der Waals surface area contributed by atoms with Crippen molar-refractivity contribution in [3.05, 3.63) is 23.3 Å². The molecule has 124 valence electrons. The number of likely N-dealkylation sites (N-methyl/N-ethyl adjacent to an activating group) is 1. The Labute approximate surface area is 135 Å². The van der Waals surface area contributed by atoms with E-state index in [-0.39, 0.29) is 17.6 Å². The zero-order chi connectivity index (χ0) is 16.6. The van der Waals surface area contributed by atoms with Gasteiger partial charge in [-0.3, -0.25) is 4.79 Å². The van der Waals surface area contributed by atoms with E-state index in [4.69, 9.17) is 4.74 Å². The van der Waals surface area contributed by atoms with Crippen LogP contribution in [0.5, 0.6) is 11.5 Å². The van der Waals surface area contributed by atoms with Gasteiger partial charge in [0.15, 0.2) is 23.4 Å². The minimum atomic E-state index is -1.04. The number of ether oxygens (including phenoxy) is 1. The van der Waals surface area contributed by atoms with Crippen LogP contribution in [0.1, 0.15) is 37.3 Å². The molecule has 2 heterocycles. The van der Waals surface area contributed by atoms with Crippen LogP contribution in [-0.4, -0.2) is 52.2 Å². The monoisotopic (exact) mass is 317 g/mol. The maximum absolute atomic E-state index is 12.6. The summed E-state index contributed by atoms with van der Waals surface area (Å²) >= 11 is 0. The van der Waals surface area contributed by atoms with Gasteiger partial charge in [0.1, 0.15) is 0 Å². The van der Waals surface area contributed by atoms with Crippen molar-refractivity contribution in [2.45, 2.75) is 56.3 Å². The Hall–Kier alpha value is -1.59. The van der Waals surface area contributed by atoms with Crippen molar-refractivity contribution < 1.29 is 19.7 Å². The molecule has 5 nitrogen and oxygen atoms in total. The molecule has 4 atom stereocenters. The zero-order valence-electron chi connectivity index (χ0n) is 13.8. The largest absolute Gasteiger partial charge is 0.504 e. The van der Waals surface area contributed by atoms with Gasteiger partial charge in [-0.1, -0.05) is 6.07 Å². The fourth-order valence-corrected chi connectivity index (χ4v) is 5.11. The number of aromatic hydroxyl groups is 1. The van der Waals surface area contributed by atoms with Crippen molar-refractivity contribution >= 4 is 5.78 Å². The highest BCUT2D eigenvalue weighted by Gasteiger charge is 2.70. The third-order valence-corrected chi connectivity index (χ3v) is 6.50. The topological polar surface area (TPSA) is 70.0 Å². The minimum absolute atomic E-state index is 0.0291. The molecule has 1 aromatic carbocycles. The molecule has 1 saturated heterocycles. The van der Waals surface area contributed by atoms with E-state index in [0.717, 1.165) is 17.7 Å². The lowest BCUT2D eigenvalue weighted by molar-refractivity contribution is -0.178. The Kier molecular flexibility index (Phi) is 2.92. The standard InChI is InChI=1S/C18H23NO4/c1-10-4-5-12(20)15-14(10)17-8-9-19(3)11(2)18(17,22)7-6-13(21)16(17)23-15/h4-5,11,16,20,22H,6-9H2,1-3H3. The summed E-state index contributed by atoms with van der Waals surface area (Å²) in [4.78, 5) is 14.8. The Morgan fingerprint density at radius 2 is 2.09 bits per heavy atom. The van der Waals surface area contributed by atoms with Gasteiger partial charge >= 0.3 is 0 Å². The molecule has 2 fully saturated rings. The number of likely N-dealkylation sites (tertiary alicyclic amines) is 1. The van der Waals surface area contributed by atoms with E-state index < -0.39 is 17.1 Å². The smallest absolute Gasteiger partial charge is 0.174 e. The molecule has 1 saturated carbocycles. The Bertz CT molecular complexity index is 703. The van der Waals surface area contributed by atoms with Crippen LogP contribution in [0.4, 0.5) is 0 Å². The summed E-state index contributed by atoms with van der Waals surface area (Å²) in [5.41, 5.74) is -0.00222. The molecule has 1 aliphatic carbocycles. The molecule has 1 spiro atoms. The number of ketones is 1. The molecular formula is C18H23NO4. The molecule has 4 unspecified atom stereocenters. The maximum atomic E-state index is 12.6. The van der Waals surface area contributed by atoms with Gasteiger partial charge in [-0.2, -0.15) is 0 Å². The fourth-order valence-electron chi connectivity index (χ4n) is 5.11. The van der Waals surface area contributed by atoms with Crippen molar-refractivity contribution in [2.24, 2.45) is 0 Å². The number of nitrogens with zero attached hydrogens (tertiary/aromatic N) is 1. The van der Waals surface area contributed by atoms with Gasteiger partial charge in [0.25, 0.3) is 0 Å². The molecule has 4 rings (SSSR count). The summed E-state index contributed by atoms with van der Waals surface area (Å²) in [6, 6.07) is 3.37. The molecule has 23 heavy (non-hydrogen) atoms. The van der Waals surface area contributed by atoms with Crippen LogP contribution in [0, 0.1) is 6.92 Å². The second kappa shape index (κ2) is 4.48. The maximum Gasteiger partial charge on any atom is 0.174 e. The van der Waals surface area contributed by atoms with E-state index >= 15 is 0 Å². The summed E-state index contributed by atoms with van der Waals surface area (Å²) in [5.74, 6) is 0.470. The van der Waals surface area contributed by atoms with Crippen molar-refractivity contribution in [3.63, 3.8) is 0 Å². The van der Waals surface area contributed by atoms with Crippen LogP contribution in [0.25, 0.3) is 0 Å². The average molecular weight is 317 g/mol. The van der Waals surface area contributed by atoms with Gasteiger partial charge in [0, 0.05) is 18.0 Å². The van der Waals surface area contributed by atoms with Gasteiger partial charge < -0.3 is 19.8 Å². The number of aryl methyl sites for hydroxylation is 1. The number of aliphatic hydroxyl groups is 1. The second-order valence-corrected chi connectivity index (χ2v) is 7.37. The highest BCUT2D eigenvalue weighted by Crippen LogP contribution is 2.61. The quantitative estimate of drug-likeness (QED) is 0.759. The Morgan fingerprint density at radius 3 is 2.83 bits per heavy atom. The van der Waals surface area contributed by atoms with E-state index in [1.807, 2.05) is 27.0 Å². The number of hydrogen-bond donors (Lipinski definition) is 2. The Balaban J connectivity index is 2.02. The van der Waals surface area contributed by atoms with Gasteiger partial charge in [0.2, 0.25) is 0 Å². The third-order valence-electron chi connectivity index (χ3n) is 6.50. The van der Waals surface area contributed by atoms with E-state index in [9.17, 15) is 15.0 Å². The van der Waals surface area contributed by atoms with Crippen LogP contribution in [0.15, 0.2) is 12.1 Å². The molecule has 3 aliphatic rings. The SMILES string of the molecule is Cc1ccc(O)c2c1C13CCN(C)C(C)C1(O)CCC(=O)C3O2. The number of fused-ring (bicyclic) bond motifs is 1. The molecule has 2 aliphatic heterocycles. The van der Waals surface area contributed by atoms with E-state index in [2.05, 4.69) is 4.90 Å². The van der Waals surface area contributed by atoms with Crippen molar-refractivity contribution in [3.8, 4) is 11.5 Å². The Morgan fingerprint density at radius 1 is 1.35 bits per heavy atom. The lowest BCUT2D eigenvalue weighted by atomic mass is 9.52. The first-order valence-corrected chi connectivity index (χ1v) is 8.28. The molecular weight excluding hydrogens is 294 g/mol.